The van der Waals surface area contributed by atoms with Gasteiger partial charge in [0.1, 0.15) is 0 Å². The van der Waals surface area contributed by atoms with Gasteiger partial charge in [-0.25, -0.2) is 0 Å². The van der Waals surface area contributed by atoms with Gasteiger partial charge >= 0.3 is 0 Å². The summed E-state index contributed by atoms with van der Waals surface area (Å²) in [6, 6.07) is 5.57. The molecular formula is C14H19ClN2O. The van der Waals surface area contributed by atoms with Gasteiger partial charge in [0.25, 0.3) is 0 Å². The van der Waals surface area contributed by atoms with Gasteiger partial charge in [0.2, 0.25) is 5.91 Å². The minimum atomic E-state index is -0.145. The Bertz CT molecular complexity index is 461. The molecule has 0 aromatic heterocycles. The van der Waals surface area contributed by atoms with Gasteiger partial charge in [0.05, 0.1) is 6.04 Å². The number of carbonyl (C=O) groups is 1. The van der Waals surface area contributed by atoms with Crippen LogP contribution in [0.25, 0.3) is 0 Å². The molecule has 18 heavy (non-hydrogen) atoms. The Kier molecular flexibility index (Phi) is 3.93. The lowest BCUT2D eigenvalue weighted by atomic mass is 10.1. The van der Waals surface area contributed by atoms with Gasteiger partial charge in [-0.3, -0.25) is 4.79 Å². The number of amides is 1. The summed E-state index contributed by atoms with van der Waals surface area (Å²) >= 11 is 6.14. The lowest BCUT2D eigenvalue weighted by molar-refractivity contribution is -0.119. The smallest absolute Gasteiger partial charge is 0.243 e. The number of rotatable bonds is 1. The van der Waals surface area contributed by atoms with E-state index in [-0.39, 0.29) is 11.9 Å². The first-order chi connectivity index (χ1) is 8.50. The molecule has 98 valence electrons. The number of anilines is 1. The fraction of sp³-hybridized carbons (Fsp3) is 0.500. The highest BCUT2D eigenvalue weighted by molar-refractivity contribution is 6.31. The number of hydrogen-bond acceptors (Lipinski definition) is 2. The van der Waals surface area contributed by atoms with Gasteiger partial charge < -0.3 is 10.2 Å². The second-order valence-corrected chi connectivity index (χ2v) is 5.48. The average Bonchev–Trinajstić information content (AvgIpc) is 2.47. The van der Waals surface area contributed by atoms with E-state index in [1.165, 1.54) is 0 Å². The third-order valence-electron chi connectivity index (χ3n) is 3.43. The Balaban J connectivity index is 2.40. The summed E-state index contributed by atoms with van der Waals surface area (Å²) in [5.41, 5.74) is 1.89. The summed E-state index contributed by atoms with van der Waals surface area (Å²) in [5.74, 6) is 0.544. The Morgan fingerprint density at radius 2 is 2.11 bits per heavy atom. The molecule has 0 bridgehead atoms. The molecule has 0 aliphatic carbocycles. The number of hydrogen-bond donors (Lipinski definition) is 1. The lowest BCUT2D eigenvalue weighted by Crippen LogP contribution is -2.42. The van der Waals surface area contributed by atoms with Gasteiger partial charge in [-0.2, -0.15) is 0 Å². The Labute approximate surface area is 113 Å². The second-order valence-electron chi connectivity index (χ2n) is 5.07. The molecule has 2 rings (SSSR count). The Morgan fingerprint density at radius 3 is 2.83 bits per heavy atom. The Morgan fingerprint density at radius 1 is 1.39 bits per heavy atom. The maximum atomic E-state index is 12.4. The summed E-state index contributed by atoms with van der Waals surface area (Å²) in [4.78, 5) is 14.2. The third-order valence-corrected chi connectivity index (χ3v) is 3.84. The van der Waals surface area contributed by atoms with Gasteiger partial charge in [-0.15, -0.1) is 0 Å². The number of nitrogens with zero attached hydrogens (tertiary/aromatic N) is 1. The predicted molar refractivity (Wildman–Crippen MR) is 75.2 cm³/mol. The van der Waals surface area contributed by atoms with Crippen LogP contribution >= 0.6 is 11.6 Å². The van der Waals surface area contributed by atoms with E-state index in [0.717, 1.165) is 24.3 Å². The van der Waals surface area contributed by atoms with Crippen LogP contribution in [0, 0.1) is 12.8 Å². The van der Waals surface area contributed by atoms with Crippen LogP contribution in [0.4, 0.5) is 5.69 Å². The molecule has 1 saturated heterocycles. The molecule has 1 aromatic rings. The molecule has 0 spiro atoms. The van der Waals surface area contributed by atoms with Crippen LogP contribution < -0.4 is 10.2 Å². The molecule has 2 unspecified atom stereocenters. The van der Waals surface area contributed by atoms with Crippen molar-refractivity contribution in [3.05, 3.63) is 28.8 Å². The monoisotopic (exact) mass is 266 g/mol. The molecule has 0 radical (unpaired) electrons. The summed E-state index contributed by atoms with van der Waals surface area (Å²) in [7, 11) is 0. The molecule has 1 aliphatic rings. The molecule has 1 aliphatic heterocycles. The molecule has 2 atom stereocenters. The molecule has 1 fully saturated rings. The zero-order valence-electron chi connectivity index (χ0n) is 11.0. The molecule has 4 heteroatoms. The number of halogens is 1. The van der Waals surface area contributed by atoms with Gasteiger partial charge in [0, 0.05) is 23.8 Å². The molecule has 1 N–H and O–H groups in total. The fourth-order valence-corrected chi connectivity index (χ4v) is 2.44. The van der Waals surface area contributed by atoms with Crippen LogP contribution in [0.1, 0.15) is 19.4 Å². The maximum absolute atomic E-state index is 12.4. The van der Waals surface area contributed by atoms with Crippen molar-refractivity contribution >= 4 is 23.2 Å². The van der Waals surface area contributed by atoms with Crippen molar-refractivity contribution in [1.82, 2.24) is 5.32 Å². The van der Waals surface area contributed by atoms with Gasteiger partial charge in [0.15, 0.2) is 0 Å². The minimum Gasteiger partial charge on any atom is -0.310 e. The van der Waals surface area contributed by atoms with Crippen molar-refractivity contribution < 1.29 is 4.79 Å². The highest BCUT2D eigenvalue weighted by Crippen LogP contribution is 2.28. The number of benzene rings is 1. The van der Waals surface area contributed by atoms with Crippen molar-refractivity contribution in [3.8, 4) is 0 Å². The Hall–Kier alpha value is -1.06. The van der Waals surface area contributed by atoms with E-state index >= 15 is 0 Å². The van der Waals surface area contributed by atoms with E-state index in [0.29, 0.717) is 10.9 Å². The van der Waals surface area contributed by atoms with Crippen LogP contribution in [0.5, 0.6) is 0 Å². The topological polar surface area (TPSA) is 32.3 Å². The first-order valence-corrected chi connectivity index (χ1v) is 6.68. The van der Waals surface area contributed by atoms with Crippen molar-refractivity contribution in [2.75, 3.05) is 18.0 Å². The van der Waals surface area contributed by atoms with E-state index in [1.807, 2.05) is 36.9 Å². The van der Waals surface area contributed by atoms with Gasteiger partial charge in [-0.1, -0.05) is 24.6 Å². The van der Waals surface area contributed by atoms with E-state index in [2.05, 4.69) is 12.2 Å². The minimum absolute atomic E-state index is 0.115. The SMILES string of the molecule is Cc1c(Cl)cccc1N1CC(C)CNC(C)C1=O. The molecule has 0 saturated carbocycles. The van der Waals surface area contributed by atoms with Crippen LogP contribution in [0.3, 0.4) is 0 Å². The molecular weight excluding hydrogens is 248 g/mol. The van der Waals surface area contributed by atoms with Crippen molar-refractivity contribution in [2.24, 2.45) is 5.92 Å². The lowest BCUT2D eigenvalue weighted by Gasteiger charge is -2.26. The molecule has 1 heterocycles. The fourth-order valence-electron chi connectivity index (χ4n) is 2.27. The zero-order chi connectivity index (χ0) is 13.3. The largest absolute Gasteiger partial charge is 0.310 e. The molecule has 1 amide bonds. The zero-order valence-corrected chi connectivity index (χ0v) is 11.8. The van der Waals surface area contributed by atoms with Crippen molar-refractivity contribution in [3.63, 3.8) is 0 Å². The van der Waals surface area contributed by atoms with Crippen LogP contribution in [0.2, 0.25) is 5.02 Å². The third kappa shape index (κ3) is 2.52. The summed E-state index contributed by atoms with van der Waals surface area (Å²) in [5, 5.41) is 3.96. The second kappa shape index (κ2) is 5.29. The maximum Gasteiger partial charge on any atom is 0.243 e. The first kappa shape index (κ1) is 13.4. The van der Waals surface area contributed by atoms with E-state index in [4.69, 9.17) is 11.6 Å². The standard InChI is InChI=1S/C14H19ClN2O/c1-9-7-16-11(3)14(18)17(8-9)13-6-4-5-12(15)10(13)2/h4-6,9,11,16H,7-8H2,1-3H3. The highest BCUT2D eigenvalue weighted by Gasteiger charge is 2.28. The van der Waals surface area contributed by atoms with Crippen molar-refractivity contribution in [2.45, 2.75) is 26.8 Å². The van der Waals surface area contributed by atoms with Gasteiger partial charge in [-0.05, 0) is 37.5 Å². The summed E-state index contributed by atoms with van der Waals surface area (Å²) in [6.45, 7) is 7.61. The first-order valence-electron chi connectivity index (χ1n) is 6.30. The van der Waals surface area contributed by atoms with E-state index < -0.39 is 0 Å². The molecule has 1 aromatic carbocycles. The number of nitrogens with one attached hydrogen (secondary N) is 1. The summed E-state index contributed by atoms with van der Waals surface area (Å²) < 4.78 is 0. The van der Waals surface area contributed by atoms with Crippen molar-refractivity contribution in [1.29, 1.82) is 0 Å². The van der Waals surface area contributed by atoms with Crippen LogP contribution in [-0.2, 0) is 4.79 Å². The summed E-state index contributed by atoms with van der Waals surface area (Å²) in [6.07, 6.45) is 0. The van der Waals surface area contributed by atoms with Crippen LogP contribution in [-0.4, -0.2) is 25.0 Å². The normalized spacial score (nSPS) is 25.1. The highest BCUT2D eigenvalue weighted by atomic mass is 35.5. The molecule has 3 nitrogen and oxygen atoms in total. The number of carbonyl (C=O) groups excluding carboxylic acids is 1. The predicted octanol–water partition coefficient (Wildman–Crippen LogP) is 2.61. The quantitative estimate of drug-likeness (QED) is 0.848. The van der Waals surface area contributed by atoms with E-state index in [1.54, 1.807) is 0 Å². The van der Waals surface area contributed by atoms with E-state index in [9.17, 15) is 4.79 Å². The van der Waals surface area contributed by atoms with Crippen LogP contribution in [0.15, 0.2) is 18.2 Å². The average molecular weight is 267 g/mol.